The van der Waals surface area contributed by atoms with Gasteiger partial charge < -0.3 is 0 Å². The monoisotopic (exact) mass is 385 g/mol. The average molecular weight is 385 g/mol. The molecule has 2 aromatic carbocycles. The second-order valence-corrected chi connectivity index (χ2v) is 7.40. The van der Waals surface area contributed by atoms with E-state index >= 15 is 0 Å². The Morgan fingerprint density at radius 1 is 1.04 bits per heavy atom. The molecule has 0 aliphatic heterocycles. The van der Waals surface area contributed by atoms with Gasteiger partial charge in [-0.25, -0.2) is 14.6 Å². The number of hydrogen-bond acceptors (Lipinski definition) is 5. The lowest BCUT2D eigenvalue weighted by Crippen LogP contribution is -2.12. The first-order chi connectivity index (χ1) is 13.8. The van der Waals surface area contributed by atoms with E-state index in [1.165, 1.54) is 11.3 Å². The molecule has 28 heavy (non-hydrogen) atoms. The van der Waals surface area contributed by atoms with Crippen LogP contribution in [0.1, 0.15) is 15.9 Å². The second-order valence-electron chi connectivity index (χ2n) is 6.37. The molecule has 6 nitrogen and oxygen atoms in total. The fourth-order valence-electron chi connectivity index (χ4n) is 3.06. The van der Waals surface area contributed by atoms with Gasteiger partial charge in [-0.3, -0.25) is 10.1 Å². The number of amides is 1. The predicted octanol–water partition coefficient (Wildman–Crippen LogP) is 4.34. The summed E-state index contributed by atoms with van der Waals surface area (Å²) in [6.07, 6.45) is 3.31. The summed E-state index contributed by atoms with van der Waals surface area (Å²) in [6, 6.07) is 19.7. The SMILES string of the molecule is O=C(Nc1nc2ccccc2s1)c1cnc2c(cnn2Cc2ccccc2)c1. The Bertz CT molecular complexity index is 1260. The summed E-state index contributed by atoms with van der Waals surface area (Å²) in [4.78, 5) is 21.5. The van der Waals surface area contributed by atoms with E-state index in [0.717, 1.165) is 26.8 Å². The number of para-hydroxylation sites is 1. The highest BCUT2D eigenvalue weighted by Crippen LogP contribution is 2.26. The van der Waals surface area contributed by atoms with Gasteiger partial charge >= 0.3 is 0 Å². The van der Waals surface area contributed by atoms with E-state index < -0.39 is 0 Å². The molecule has 0 bridgehead atoms. The van der Waals surface area contributed by atoms with Crippen molar-refractivity contribution in [2.24, 2.45) is 0 Å². The third-order valence-electron chi connectivity index (χ3n) is 4.43. The van der Waals surface area contributed by atoms with Crippen molar-refractivity contribution in [3.05, 3.63) is 84.2 Å². The molecule has 0 aliphatic carbocycles. The minimum Gasteiger partial charge on any atom is -0.298 e. The summed E-state index contributed by atoms with van der Waals surface area (Å²) in [7, 11) is 0. The number of nitrogens with one attached hydrogen (secondary N) is 1. The highest BCUT2D eigenvalue weighted by molar-refractivity contribution is 7.22. The smallest absolute Gasteiger partial charge is 0.259 e. The van der Waals surface area contributed by atoms with Crippen molar-refractivity contribution >= 4 is 43.6 Å². The van der Waals surface area contributed by atoms with Crippen molar-refractivity contribution in [2.75, 3.05) is 5.32 Å². The van der Waals surface area contributed by atoms with Crippen LogP contribution in [0.5, 0.6) is 0 Å². The Labute approximate surface area is 164 Å². The van der Waals surface area contributed by atoms with Crippen LogP contribution in [0, 0.1) is 0 Å². The van der Waals surface area contributed by atoms with Crippen LogP contribution in [0.4, 0.5) is 5.13 Å². The lowest BCUT2D eigenvalue weighted by molar-refractivity contribution is 0.102. The summed E-state index contributed by atoms with van der Waals surface area (Å²) >= 11 is 1.45. The van der Waals surface area contributed by atoms with E-state index in [0.29, 0.717) is 17.2 Å². The van der Waals surface area contributed by atoms with Crippen LogP contribution in [0.15, 0.2) is 73.1 Å². The number of benzene rings is 2. The normalized spacial score (nSPS) is 11.1. The van der Waals surface area contributed by atoms with Crippen LogP contribution in [0.25, 0.3) is 21.3 Å². The maximum atomic E-state index is 12.6. The number of carbonyl (C=O) groups excluding carboxylic acids is 1. The Morgan fingerprint density at radius 3 is 2.71 bits per heavy atom. The molecule has 3 aromatic heterocycles. The van der Waals surface area contributed by atoms with Crippen molar-refractivity contribution in [3.8, 4) is 0 Å². The van der Waals surface area contributed by atoms with Gasteiger partial charge in [0.2, 0.25) is 0 Å². The highest BCUT2D eigenvalue weighted by Gasteiger charge is 2.13. The fraction of sp³-hybridized carbons (Fsp3) is 0.0476. The molecule has 0 radical (unpaired) electrons. The zero-order valence-corrected chi connectivity index (χ0v) is 15.6. The third-order valence-corrected chi connectivity index (χ3v) is 5.38. The molecule has 0 fully saturated rings. The minimum atomic E-state index is -0.232. The maximum Gasteiger partial charge on any atom is 0.259 e. The topological polar surface area (TPSA) is 72.7 Å². The van der Waals surface area contributed by atoms with E-state index in [9.17, 15) is 4.79 Å². The molecule has 1 amide bonds. The molecule has 5 aromatic rings. The average Bonchev–Trinajstić information content (AvgIpc) is 3.32. The molecule has 136 valence electrons. The summed E-state index contributed by atoms with van der Waals surface area (Å²) in [5.74, 6) is -0.232. The molecule has 0 saturated heterocycles. The first kappa shape index (κ1) is 16.6. The molecule has 7 heteroatoms. The van der Waals surface area contributed by atoms with Crippen LogP contribution >= 0.6 is 11.3 Å². The standard InChI is InChI=1S/C21H15N5OS/c27-20(25-21-24-17-8-4-5-9-18(17)28-21)16-10-15-12-23-26(19(15)22-11-16)13-14-6-2-1-3-7-14/h1-12H,13H2,(H,24,25,27). The summed E-state index contributed by atoms with van der Waals surface area (Å²) in [5.41, 5.74) is 3.25. The van der Waals surface area contributed by atoms with Crippen molar-refractivity contribution in [1.29, 1.82) is 0 Å². The largest absolute Gasteiger partial charge is 0.298 e. The number of rotatable bonds is 4. The van der Waals surface area contributed by atoms with E-state index in [2.05, 4.69) is 20.4 Å². The molecule has 1 N–H and O–H groups in total. The number of nitrogens with zero attached hydrogens (tertiary/aromatic N) is 4. The first-order valence-electron chi connectivity index (χ1n) is 8.79. The Morgan fingerprint density at radius 2 is 1.86 bits per heavy atom. The van der Waals surface area contributed by atoms with Crippen LogP contribution in [0.3, 0.4) is 0 Å². The van der Waals surface area contributed by atoms with Crippen molar-refractivity contribution in [2.45, 2.75) is 6.54 Å². The summed E-state index contributed by atoms with van der Waals surface area (Å²) in [5, 5.41) is 8.68. The van der Waals surface area contributed by atoms with Crippen molar-refractivity contribution in [1.82, 2.24) is 19.7 Å². The number of carbonyl (C=O) groups is 1. The third kappa shape index (κ3) is 3.12. The van der Waals surface area contributed by atoms with Gasteiger partial charge in [-0.2, -0.15) is 5.10 Å². The highest BCUT2D eigenvalue weighted by atomic mass is 32.1. The zero-order valence-electron chi connectivity index (χ0n) is 14.7. The van der Waals surface area contributed by atoms with Crippen molar-refractivity contribution in [3.63, 3.8) is 0 Å². The Kier molecular flexibility index (Phi) is 4.06. The lowest BCUT2D eigenvalue weighted by Gasteiger charge is -2.04. The minimum absolute atomic E-state index is 0.232. The van der Waals surface area contributed by atoms with E-state index in [4.69, 9.17) is 0 Å². The van der Waals surface area contributed by atoms with E-state index in [1.54, 1.807) is 18.5 Å². The van der Waals surface area contributed by atoms with Crippen LogP contribution in [-0.2, 0) is 6.54 Å². The number of aromatic nitrogens is 4. The van der Waals surface area contributed by atoms with E-state index in [-0.39, 0.29) is 5.91 Å². The van der Waals surface area contributed by atoms with Gasteiger partial charge in [0.25, 0.3) is 5.91 Å². The van der Waals surface area contributed by atoms with E-state index in [1.807, 2.05) is 59.3 Å². The quantitative estimate of drug-likeness (QED) is 0.499. The molecular formula is C21H15N5OS. The van der Waals surface area contributed by atoms with Gasteiger partial charge in [0.15, 0.2) is 10.8 Å². The molecule has 0 spiro atoms. The van der Waals surface area contributed by atoms with Gasteiger partial charge in [-0.15, -0.1) is 0 Å². The number of anilines is 1. The van der Waals surface area contributed by atoms with Crippen molar-refractivity contribution < 1.29 is 4.79 Å². The number of fused-ring (bicyclic) bond motifs is 2. The van der Waals surface area contributed by atoms with Gasteiger partial charge in [0.05, 0.1) is 28.5 Å². The number of pyridine rings is 1. The van der Waals surface area contributed by atoms with Gasteiger partial charge in [0, 0.05) is 11.6 Å². The molecule has 0 unspecified atom stereocenters. The summed E-state index contributed by atoms with van der Waals surface area (Å²) in [6.45, 7) is 0.634. The molecule has 0 atom stereocenters. The number of hydrogen-bond donors (Lipinski definition) is 1. The molecule has 3 heterocycles. The molecule has 0 aliphatic rings. The van der Waals surface area contributed by atoms with Gasteiger partial charge in [-0.1, -0.05) is 53.8 Å². The first-order valence-corrected chi connectivity index (χ1v) is 9.60. The maximum absolute atomic E-state index is 12.6. The van der Waals surface area contributed by atoms with Gasteiger partial charge in [0.1, 0.15) is 0 Å². The summed E-state index contributed by atoms with van der Waals surface area (Å²) < 4.78 is 2.87. The second kappa shape index (κ2) is 6.86. The Balaban J connectivity index is 1.39. The number of thiazole rings is 1. The molecular weight excluding hydrogens is 370 g/mol. The van der Waals surface area contributed by atoms with Gasteiger partial charge in [-0.05, 0) is 23.8 Å². The Hall–Kier alpha value is -3.58. The molecule has 5 rings (SSSR count). The lowest BCUT2D eigenvalue weighted by atomic mass is 10.2. The predicted molar refractivity (Wildman–Crippen MR) is 111 cm³/mol. The van der Waals surface area contributed by atoms with Crippen LogP contribution in [-0.4, -0.2) is 25.7 Å². The van der Waals surface area contributed by atoms with Crippen LogP contribution in [0.2, 0.25) is 0 Å². The molecule has 0 saturated carbocycles. The zero-order chi connectivity index (χ0) is 18.9. The van der Waals surface area contributed by atoms with Crippen LogP contribution < -0.4 is 5.32 Å². The fourth-order valence-corrected chi connectivity index (χ4v) is 3.92.